The summed E-state index contributed by atoms with van der Waals surface area (Å²) in [4.78, 5) is 17.8. The van der Waals surface area contributed by atoms with Gasteiger partial charge in [0.1, 0.15) is 10.6 Å². The van der Waals surface area contributed by atoms with E-state index in [-0.39, 0.29) is 24.0 Å². The van der Waals surface area contributed by atoms with Crippen LogP contribution in [0.25, 0.3) is 0 Å². The number of rotatable bonds is 4. The molecule has 0 radical (unpaired) electrons. The number of nitrogens with zero attached hydrogens (tertiary/aromatic N) is 1. The number of hydrogen-bond acceptors (Lipinski definition) is 5. The van der Waals surface area contributed by atoms with Crippen LogP contribution in [0.2, 0.25) is 0 Å². The van der Waals surface area contributed by atoms with Crippen molar-refractivity contribution in [1.29, 1.82) is 0 Å². The Balaban J connectivity index is 1.60. The molecule has 2 N–H and O–H groups in total. The van der Waals surface area contributed by atoms with Crippen molar-refractivity contribution in [2.45, 2.75) is 45.3 Å². The van der Waals surface area contributed by atoms with E-state index in [4.69, 9.17) is 4.74 Å². The summed E-state index contributed by atoms with van der Waals surface area (Å²) in [5.41, 5.74) is 3.06. The highest BCUT2D eigenvalue weighted by Gasteiger charge is 2.36. The molecule has 1 aliphatic carbocycles. The number of thiazole rings is 1. The molecule has 0 unspecified atom stereocenters. The number of aliphatic hydroxyl groups is 1. The van der Waals surface area contributed by atoms with E-state index < -0.39 is 0 Å². The predicted octanol–water partition coefficient (Wildman–Crippen LogP) is 2.94. The van der Waals surface area contributed by atoms with Crippen molar-refractivity contribution < 1.29 is 14.6 Å². The van der Waals surface area contributed by atoms with Crippen LogP contribution in [0.15, 0.2) is 18.2 Å². The fraction of sp³-hybridized carbons (Fsp3) is 0.474. The molecule has 2 heterocycles. The fourth-order valence-electron chi connectivity index (χ4n) is 3.72. The average molecular weight is 358 g/mol. The van der Waals surface area contributed by atoms with E-state index in [1.807, 2.05) is 26.0 Å². The number of ether oxygens (including phenoxy) is 1. The largest absolute Gasteiger partial charge is 0.493 e. The second-order valence-corrected chi connectivity index (χ2v) is 8.15. The van der Waals surface area contributed by atoms with Crippen molar-refractivity contribution in [2.24, 2.45) is 5.92 Å². The van der Waals surface area contributed by atoms with Crippen LogP contribution in [0.3, 0.4) is 0 Å². The van der Waals surface area contributed by atoms with E-state index in [1.54, 1.807) is 0 Å². The van der Waals surface area contributed by atoms with E-state index in [0.717, 1.165) is 47.9 Å². The van der Waals surface area contributed by atoms with E-state index in [9.17, 15) is 9.90 Å². The third-order valence-electron chi connectivity index (χ3n) is 5.09. The quantitative estimate of drug-likeness (QED) is 0.881. The predicted molar refractivity (Wildman–Crippen MR) is 96.2 cm³/mol. The van der Waals surface area contributed by atoms with Gasteiger partial charge < -0.3 is 15.2 Å². The van der Waals surface area contributed by atoms with E-state index >= 15 is 0 Å². The first-order valence-electron chi connectivity index (χ1n) is 8.70. The van der Waals surface area contributed by atoms with Gasteiger partial charge in [-0.1, -0.05) is 6.07 Å². The molecular weight excluding hydrogens is 336 g/mol. The Hall–Kier alpha value is -1.92. The van der Waals surface area contributed by atoms with Crippen LogP contribution in [0, 0.1) is 19.8 Å². The molecule has 5 nitrogen and oxygen atoms in total. The summed E-state index contributed by atoms with van der Waals surface area (Å²) in [6, 6.07) is 6.07. The molecule has 0 saturated heterocycles. The molecule has 2 aliphatic rings. The molecule has 2 aromatic rings. The first-order valence-corrected chi connectivity index (χ1v) is 9.51. The number of fused-ring (bicyclic) bond motifs is 1. The zero-order valence-corrected chi connectivity index (χ0v) is 15.2. The maximum Gasteiger partial charge on any atom is 0.263 e. The van der Waals surface area contributed by atoms with Crippen LogP contribution in [-0.4, -0.2) is 28.7 Å². The van der Waals surface area contributed by atoms with Gasteiger partial charge in [0.15, 0.2) is 0 Å². The number of nitrogens with one attached hydrogen (secondary N) is 1. The Bertz CT molecular complexity index is 811. The van der Waals surface area contributed by atoms with Crippen molar-refractivity contribution in [3.05, 3.63) is 44.9 Å². The normalized spacial score (nSPS) is 22.7. The number of benzene rings is 1. The monoisotopic (exact) mass is 358 g/mol. The van der Waals surface area contributed by atoms with Crippen LogP contribution in [0.5, 0.6) is 5.75 Å². The summed E-state index contributed by atoms with van der Waals surface area (Å²) in [5.74, 6) is 1.12. The van der Waals surface area contributed by atoms with Crippen molar-refractivity contribution in [1.82, 2.24) is 10.3 Å². The summed E-state index contributed by atoms with van der Waals surface area (Å²) < 4.78 is 5.59. The van der Waals surface area contributed by atoms with E-state index in [2.05, 4.69) is 16.4 Å². The minimum Gasteiger partial charge on any atom is -0.493 e. The first kappa shape index (κ1) is 16.5. The van der Waals surface area contributed by atoms with Gasteiger partial charge in [-0.2, -0.15) is 0 Å². The molecule has 1 atom stereocenters. The number of hydrogen-bond donors (Lipinski definition) is 2. The minimum atomic E-state index is -0.255. The Labute approximate surface area is 151 Å². The van der Waals surface area contributed by atoms with Gasteiger partial charge in [-0.15, -0.1) is 11.3 Å². The molecule has 1 aromatic heterocycles. The van der Waals surface area contributed by atoms with Crippen molar-refractivity contribution in [3.8, 4) is 5.75 Å². The first-order chi connectivity index (χ1) is 12.0. The SMILES string of the molecule is Cc1nc(C)c(C(=O)N[C@@H](c2ccc3c(c2)CCO3)C2CC(O)C2)s1. The maximum atomic E-state index is 12.8. The summed E-state index contributed by atoms with van der Waals surface area (Å²) in [6.07, 6.45) is 2.09. The number of carbonyl (C=O) groups is 1. The van der Waals surface area contributed by atoms with Crippen LogP contribution in [0.4, 0.5) is 0 Å². The highest BCUT2D eigenvalue weighted by Crippen LogP contribution is 2.40. The van der Waals surface area contributed by atoms with Gasteiger partial charge in [0.05, 0.1) is 29.5 Å². The number of amides is 1. The number of aliphatic hydroxyl groups excluding tert-OH is 1. The van der Waals surface area contributed by atoms with E-state index in [0.29, 0.717) is 4.88 Å². The third kappa shape index (κ3) is 3.16. The summed E-state index contributed by atoms with van der Waals surface area (Å²) in [6.45, 7) is 4.50. The summed E-state index contributed by atoms with van der Waals surface area (Å²) in [5, 5.41) is 13.8. The molecule has 0 bridgehead atoms. The van der Waals surface area contributed by atoms with Gasteiger partial charge in [-0.05, 0) is 55.9 Å². The molecule has 6 heteroatoms. The Morgan fingerprint density at radius 2 is 2.20 bits per heavy atom. The van der Waals surface area contributed by atoms with E-state index in [1.165, 1.54) is 16.9 Å². The summed E-state index contributed by atoms with van der Waals surface area (Å²) >= 11 is 1.43. The molecule has 1 amide bonds. The van der Waals surface area contributed by atoms with Gasteiger partial charge in [-0.3, -0.25) is 4.79 Å². The maximum absolute atomic E-state index is 12.8. The molecule has 132 valence electrons. The number of aromatic nitrogens is 1. The van der Waals surface area contributed by atoms with Crippen LogP contribution >= 0.6 is 11.3 Å². The van der Waals surface area contributed by atoms with Crippen LogP contribution in [-0.2, 0) is 6.42 Å². The van der Waals surface area contributed by atoms with Crippen molar-refractivity contribution in [2.75, 3.05) is 6.61 Å². The lowest BCUT2D eigenvalue weighted by Gasteiger charge is -2.38. The molecule has 25 heavy (non-hydrogen) atoms. The lowest BCUT2D eigenvalue weighted by molar-refractivity contribution is 0.0235. The highest BCUT2D eigenvalue weighted by atomic mass is 32.1. The van der Waals surface area contributed by atoms with Crippen molar-refractivity contribution in [3.63, 3.8) is 0 Å². The van der Waals surface area contributed by atoms with Gasteiger partial charge >= 0.3 is 0 Å². The van der Waals surface area contributed by atoms with Gasteiger partial charge in [-0.25, -0.2) is 4.98 Å². The zero-order valence-electron chi connectivity index (χ0n) is 14.4. The second kappa shape index (κ2) is 6.42. The fourth-order valence-corrected chi connectivity index (χ4v) is 4.55. The Kier molecular flexibility index (Phi) is 4.25. The third-order valence-corrected chi connectivity index (χ3v) is 6.16. The number of aryl methyl sites for hydroxylation is 2. The van der Waals surface area contributed by atoms with Gasteiger partial charge in [0.25, 0.3) is 5.91 Å². The molecule has 1 aliphatic heterocycles. The lowest BCUT2D eigenvalue weighted by Crippen LogP contribution is -2.41. The molecule has 4 rings (SSSR count). The van der Waals surface area contributed by atoms with Gasteiger partial charge in [0.2, 0.25) is 0 Å². The Morgan fingerprint density at radius 3 is 2.88 bits per heavy atom. The van der Waals surface area contributed by atoms with Crippen molar-refractivity contribution >= 4 is 17.2 Å². The number of carbonyl (C=O) groups excluding carboxylic acids is 1. The smallest absolute Gasteiger partial charge is 0.263 e. The highest BCUT2D eigenvalue weighted by molar-refractivity contribution is 7.13. The second-order valence-electron chi connectivity index (χ2n) is 6.95. The standard InChI is InChI=1S/C19H22N2O3S/c1-10-18(25-11(2)20-10)19(23)21-17(14-8-15(22)9-14)13-3-4-16-12(7-13)5-6-24-16/h3-4,7,14-15,17,22H,5-6,8-9H2,1-2H3,(H,21,23)/t14?,15?,17-/m0/s1. The molecule has 0 spiro atoms. The molecule has 1 fully saturated rings. The zero-order chi connectivity index (χ0) is 17.6. The molecule has 1 aromatic carbocycles. The van der Waals surface area contributed by atoms with Crippen LogP contribution in [0.1, 0.15) is 50.4 Å². The van der Waals surface area contributed by atoms with Gasteiger partial charge in [0, 0.05) is 6.42 Å². The molecule has 1 saturated carbocycles. The molecular formula is C19H22N2O3S. The lowest BCUT2D eigenvalue weighted by atomic mass is 9.75. The summed E-state index contributed by atoms with van der Waals surface area (Å²) in [7, 11) is 0. The van der Waals surface area contributed by atoms with Crippen LogP contribution < -0.4 is 10.1 Å². The minimum absolute atomic E-state index is 0.0776. The topological polar surface area (TPSA) is 71.5 Å². The average Bonchev–Trinajstić information content (AvgIpc) is 3.14. The Morgan fingerprint density at radius 1 is 1.40 bits per heavy atom.